The summed E-state index contributed by atoms with van der Waals surface area (Å²) in [5.74, 6) is 0.598. The molecule has 3 rings (SSSR count). The van der Waals surface area contributed by atoms with Gasteiger partial charge >= 0.3 is 6.09 Å². The number of anilines is 1. The Bertz CT molecular complexity index is 647. The zero-order valence-corrected chi connectivity index (χ0v) is 15.3. The fourth-order valence-electron chi connectivity index (χ4n) is 2.81. The van der Waals surface area contributed by atoms with Crippen molar-refractivity contribution in [3.63, 3.8) is 0 Å². The molecule has 24 heavy (non-hydrogen) atoms. The molecule has 0 radical (unpaired) electrons. The zero-order chi connectivity index (χ0) is 17.5. The second kappa shape index (κ2) is 6.37. The summed E-state index contributed by atoms with van der Waals surface area (Å²) >= 11 is 6.36. The maximum Gasteiger partial charge on any atom is 0.410 e. The molecule has 8 heteroatoms. The summed E-state index contributed by atoms with van der Waals surface area (Å²) < 4.78 is 10.9. The number of amides is 1. The van der Waals surface area contributed by atoms with Gasteiger partial charge in [0, 0.05) is 12.1 Å². The van der Waals surface area contributed by atoms with E-state index < -0.39 is 5.60 Å². The molecule has 1 atom stereocenters. The average molecular weight is 355 g/mol. The van der Waals surface area contributed by atoms with E-state index in [1.807, 2.05) is 20.8 Å². The third-order valence-electron chi connectivity index (χ3n) is 4.00. The monoisotopic (exact) mass is 354 g/mol. The predicted molar refractivity (Wildman–Crippen MR) is 90.2 cm³/mol. The van der Waals surface area contributed by atoms with Gasteiger partial charge in [0.1, 0.15) is 10.8 Å². The first kappa shape index (κ1) is 17.2. The maximum absolute atomic E-state index is 12.3. The molecule has 0 N–H and O–H groups in total. The summed E-state index contributed by atoms with van der Waals surface area (Å²) in [5, 5.41) is 0.403. The van der Waals surface area contributed by atoms with Gasteiger partial charge in [0.05, 0.1) is 38.0 Å². The predicted octanol–water partition coefficient (Wildman–Crippen LogP) is 2.61. The van der Waals surface area contributed by atoms with Crippen molar-refractivity contribution < 1.29 is 14.3 Å². The smallest absolute Gasteiger partial charge is 0.410 e. The van der Waals surface area contributed by atoms with Crippen LogP contribution in [0.25, 0.3) is 0 Å². The van der Waals surface area contributed by atoms with Gasteiger partial charge in [-0.25, -0.2) is 14.8 Å². The highest BCUT2D eigenvalue weighted by atomic mass is 35.5. The molecule has 0 aliphatic carbocycles. The van der Waals surface area contributed by atoms with E-state index in [4.69, 9.17) is 21.1 Å². The molecular formula is C16H23ClN4O3. The molecular weight excluding hydrogens is 332 g/mol. The largest absolute Gasteiger partial charge is 0.444 e. The van der Waals surface area contributed by atoms with Crippen molar-refractivity contribution in [2.75, 3.05) is 24.7 Å². The number of nitrogens with zero attached hydrogens (tertiary/aromatic N) is 4. The molecule has 1 aromatic heterocycles. The van der Waals surface area contributed by atoms with Crippen LogP contribution in [0.2, 0.25) is 5.15 Å². The van der Waals surface area contributed by atoms with E-state index in [0.717, 1.165) is 17.8 Å². The second-order valence-electron chi connectivity index (χ2n) is 7.19. The lowest BCUT2D eigenvalue weighted by atomic mass is 10.2. The molecule has 2 aliphatic heterocycles. The van der Waals surface area contributed by atoms with Gasteiger partial charge in [0.15, 0.2) is 0 Å². The number of aromatic nitrogens is 2. The fraction of sp³-hybridized carbons (Fsp3) is 0.688. The van der Waals surface area contributed by atoms with Crippen molar-refractivity contribution in [2.45, 2.75) is 52.4 Å². The van der Waals surface area contributed by atoms with Crippen molar-refractivity contribution in [3.05, 3.63) is 16.4 Å². The summed E-state index contributed by atoms with van der Waals surface area (Å²) in [5.41, 5.74) is 1.05. The van der Waals surface area contributed by atoms with E-state index in [0.29, 0.717) is 37.4 Å². The Labute approximate surface area is 146 Å². The van der Waals surface area contributed by atoms with Gasteiger partial charge in [0.2, 0.25) is 5.95 Å². The normalized spacial score (nSPS) is 21.0. The first-order valence-electron chi connectivity index (χ1n) is 8.12. The Morgan fingerprint density at radius 2 is 2.08 bits per heavy atom. The highest BCUT2D eigenvalue weighted by Gasteiger charge is 2.32. The van der Waals surface area contributed by atoms with E-state index in [1.165, 1.54) is 0 Å². The number of fused-ring (bicyclic) bond motifs is 1. The van der Waals surface area contributed by atoms with Crippen LogP contribution >= 0.6 is 11.6 Å². The molecule has 0 bridgehead atoms. The summed E-state index contributed by atoms with van der Waals surface area (Å²) in [6.45, 7) is 10.4. The molecule has 132 valence electrons. The third-order valence-corrected chi connectivity index (χ3v) is 4.31. The molecule has 1 amide bonds. The lowest BCUT2D eigenvalue weighted by Crippen LogP contribution is -2.44. The number of morpholine rings is 1. The van der Waals surface area contributed by atoms with E-state index in [-0.39, 0.29) is 12.1 Å². The first-order valence-corrected chi connectivity index (χ1v) is 8.50. The van der Waals surface area contributed by atoms with Crippen LogP contribution in [0.3, 0.4) is 0 Å². The SMILES string of the molecule is CC1COCCN1c1nc(Cl)c2c(n1)CN(C(=O)OC(C)(C)C)C2. The summed E-state index contributed by atoms with van der Waals surface area (Å²) in [6, 6.07) is 0.191. The minimum absolute atomic E-state index is 0.191. The van der Waals surface area contributed by atoms with Crippen molar-refractivity contribution in [1.82, 2.24) is 14.9 Å². The number of hydrogen-bond donors (Lipinski definition) is 0. The molecule has 1 aromatic rings. The van der Waals surface area contributed by atoms with Gasteiger partial charge in [-0.1, -0.05) is 11.6 Å². The highest BCUT2D eigenvalue weighted by Crippen LogP contribution is 2.30. The number of ether oxygens (including phenoxy) is 2. The lowest BCUT2D eigenvalue weighted by molar-refractivity contribution is 0.0240. The van der Waals surface area contributed by atoms with Crippen molar-refractivity contribution in [3.8, 4) is 0 Å². The van der Waals surface area contributed by atoms with Crippen LogP contribution in [0.4, 0.5) is 10.7 Å². The van der Waals surface area contributed by atoms with Crippen LogP contribution < -0.4 is 4.90 Å². The Morgan fingerprint density at radius 3 is 2.75 bits per heavy atom. The van der Waals surface area contributed by atoms with Crippen LogP contribution in [-0.4, -0.2) is 52.4 Å². The zero-order valence-electron chi connectivity index (χ0n) is 14.5. The number of hydrogen-bond acceptors (Lipinski definition) is 6. The first-order chi connectivity index (χ1) is 11.2. The van der Waals surface area contributed by atoms with E-state index in [1.54, 1.807) is 4.90 Å². The molecule has 0 spiro atoms. The summed E-state index contributed by atoms with van der Waals surface area (Å²) in [7, 11) is 0. The third kappa shape index (κ3) is 3.57. The second-order valence-corrected chi connectivity index (χ2v) is 7.55. The van der Waals surface area contributed by atoms with Gasteiger partial charge in [-0.15, -0.1) is 0 Å². The lowest BCUT2D eigenvalue weighted by Gasteiger charge is -2.33. The molecule has 1 saturated heterocycles. The van der Waals surface area contributed by atoms with Crippen LogP contribution in [0, 0.1) is 0 Å². The van der Waals surface area contributed by atoms with Crippen LogP contribution in [0.15, 0.2) is 0 Å². The van der Waals surface area contributed by atoms with E-state index in [2.05, 4.69) is 21.8 Å². The summed E-state index contributed by atoms with van der Waals surface area (Å²) in [6.07, 6.45) is -0.363. The summed E-state index contributed by atoms with van der Waals surface area (Å²) in [4.78, 5) is 25.0. The molecule has 0 aromatic carbocycles. The number of carbonyl (C=O) groups is 1. The van der Waals surface area contributed by atoms with E-state index >= 15 is 0 Å². The molecule has 0 saturated carbocycles. The Balaban J connectivity index is 1.79. The van der Waals surface area contributed by atoms with Crippen LogP contribution in [0.1, 0.15) is 39.0 Å². The molecule has 3 heterocycles. The molecule has 1 fully saturated rings. The Kier molecular flexibility index (Phi) is 4.57. The molecule has 1 unspecified atom stereocenters. The average Bonchev–Trinajstić information content (AvgIpc) is 2.91. The van der Waals surface area contributed by atoms with Gasteiger partial charge in [-0.2, -0.15) is 0 Å². The number of halogens is 1. The Morgan fingerprint density at radius 1 is 1.33 bits per heavy atom. The van der Waals surface area contributed by atoms with Gasteiger partial charge in [-0.05, 0) is 27.7 Å². The minimum Gasteiger partial charge on any atom is -0.444 e. The molecule has 7 nitrogen and oxygen atoms in total. The highest BCUT2D eigenvalue weighted by molar-refractivity contribution is 6.30. The Hall–Kier alpha value is -1.60. The van der Waals surface area contributed by atoms with Crippen molar-refractivity contribution >= 4 is 23.6 Å². The number of carbonyl (C=O) groups excluding carboxylic acids is 1. The minimum atomic E-state index is -0.532. The standard InChI is InChI=1S/C16H23ClN4O3/c1-10-9-23-6-5-21(10)14-18-12-8-20(7-11(12)13(17)19-14)15(22)24-16(2,3)4/h10H,5-9H2,1-4H3. The van der Waals surface area contributed by atoms with Gasteiger partial charge < -0.3 is 14.4 Å². The molecule has 2 aliphatic rings. The van der Waals surface area contributed by atoms with E-state index in [9.17, 15) is 4.79 Å². The quantitative estimate of drug-likeness (QED) is 0.722. The van der Waals surface area contributed by atoms with Crippen LogP contribution in [0.5, 0.6) is 0 Å². The van der Waals surface area contributed by atoms with Gasteiger partial charge in [-0.3, -0.25) is 4.90 Å². The van der Waals surface area contributed by atoms with Gasteiger partial charge in [0.25, 0.3) is 0 Å². The van der Waals surface area contributed by atoms with Crippen molar-refractivity contribution in [1.29, 1.82) is 0 Å². The maximum atomic E-state index is 12.3. The van der Waals surface area contributed by atoms with Crippen molar-refractivity contribution in [2.24, 2.45) is 0 Å². The van der Waals surface area contributed by atoms with Crippen LogP contribution in [-0.2, 0) is 22.6 Å². The fourth-order valence-corrected chi connectivity index (χ4v) is 3.06. The topological polar surface area (TPSA) is 67.8 Å². The number of rotatable bonds is 1.